The van der Waals surface area contributed by atoms with Gasteiger partial charge >= 0.3 is 41.6 Å². The first kappa shape index (κ1) is 30.3. The highest BCUT2D eigenvalue weighted by atomic mass is 16.7. The summed E-state index contributed by atoms with van der Waals surface area (Å²) in [6, 6.07) is -1.41. The molecule has 0 radical (unpaired) electrons. The number of nitrogens with one attached hydrogen (secondary N) is 1. The van der Waals surface area contributed by atoms with E-state index in [1.54, 1.807) is 0 Å². The standard InChI is InChI=1S/C21H29NO14/c1-9(23)22-17-15(32-11(3)25)7-21(20(29)30,35-14(6)28)36-19(17)18(34-13(5)27)16(33-12(4)26)8-31-10(2)24/h15-19H,7-8H2,1-6H3,(H,22,23)(H,29,30)/t15-,16+,17+,18+,19+,21?/m1/s1. The predicted octanol–water partition coefficient (Wildman–Crippen LogP) is -1.02. The minimum atomic E-state index is -2.77. The van der Waals surface area contributed by atoms with Gasteiger partial charge in [-0.05, 0) is 0 Å². The number of hydrogen-bond acceptors (Lipinski definition) is 13. The molecule has 202 valence electrons. The molecule has 1 saturated heterocycles. The molecule has 6 atom stereocenters. The van der Waals surface area contributed by atoms with Crippen LogP contribution in [0.3, 0.4) is 0 Å². The van der Waals surface area contributed by atoms with Crippen LogP contribution < -0.4 is 5.32 Å². The molecule has 1 heterocycles. The molecule has 0 saturated carbocycles. The third-order valence-electron chi connectivity index (χ3n) is 4.63. The Hall–Kier alpha value is -3.75. The number of hydrogen-bond donors (Lipinski definition) is 2. The molecule has 0 aromatic heterocycles. The van der Waals surface area contributed by atoms with Gasteiger partial charge in [0, 0.05) is 41.5 Å². The van der Waals surface area contributed by atoms with E-state index in [1.807, 2.05) is 0 Å². The summed E-state index contributed by atoms with van der Waals surface area (Å²) >= 11 is 0. The fourth-order valence-electron chi connectivity index (χ4n) is 3.59. The second-order valence-corrected chi connectivity index (χ2v) is 7.84. The summed E-state index contributed by atoms with van der Waals surface area (Å²) in [5.74, 6) is -9.92. The van der Waals surface area contributed by atoms with Gasteiger partial charge in [0.15, 0.2) is 12.2 Å². The lowest BCUT2D eigenvalue weighted by Crippen LogP contribution is -2.69. The lowest BCUT2D eigenvalue weighted by Gasteiger charge is -2.47. The second kappa shape index (κ2) is 12.8. The lowest BCUT2D eigenvalue weighted by atomic mass is 9.88. The van der Waals surface area contributed by atoms with Crippen LogP contribution in [0.1, 0.15) is 48.0 Å². The van der Waals surface area contributed by atoms with Gasteiger partial charge in [-0.15, -0.1) is 0 Å². The van der Waals surface area contributed by atoms with E-state index in [0.29, 0.717) is 0 Å². The molecule has 36 heavy (non-hydrogen) atoms. The molecule has 15 heteroatoms. The number of amides is 1. The first-order valence-corrected chi connectivity index (χ1v) is 10.6. The SMILES string of the molecule is CC(=O)N[C@@H]1[C@@H]([C@@H](OC(C)=O)[C@H](COC(C)=O)OC(C)=O)OC(OC(C)=O)(C(=O)O)C[C@H]1OC(C)=O. The fraction of sp³-hybridized carbons (Fsp3) is 0.667. The molecule has 0 spiro atoms. The smallest absolute Gasteiger partial charge is 0.377 e. The molecule has 1 aliphatic rings. The Kier molecular flexibility index (Phi) is 10.8. The molecule has 1 rings (SSSR count). The van der Waals surface area contributed by atoms with Crippen LogP contribution in [0.15, 0.2) is 0 Å². The molecule has 1 fully saturated rings. The van der Waals surface area contributed by atoms with Crippen molar-refractivity contribution >= 4 is 41.7 Å². The van der Waals surface area contributed by atoms with E-state index in [0.717, 1.165) is 41.5 Å². The molecule has 0 aliphatic carbocycles. The van der Waals surface area contributed by atoms with Gasteiger partial charge in [-0.25, -0.2) is 4.79 Å². The van der Waals surface area contributed by atoms with Gasteiger partial charge in [0.05, 0.1) is 12.5 Å². The van der Waals surface area contributed by atoms with Gasteiger partial charge in [0.2, 0.25) is 5.91 Å². The molecular formula is C21H29NO14. The first-order chi connectivity index (χ1) is 16.6. The number of rotatable bonds is 10. The number of carbonyl (C=O) groups excluding carboxylic acids is 6. The first-order valence-electron chi connectivity index (χ1n) is 10.6. The van der Waals surface area contributed by atoms with Crippen molar-refractivity contribution in [1.29, 1.82) is 0 Å². The number of ether oxygens (including phenoxy) is 6. The number of esters is 5. The monoisotopic (exact) mass is 519 g/mol. The molecule has 1 unspecified atom stereocenters. The zero-order valence-electron chi connectivity index (χ0n) is 20.6. The van der Waals surface area contributed by atoms with Crippen molar-refractivity contribution in [3.63, 3.8) is 0 Å². The number of carboxylic acid groups (broad SMARTS) is 1. The Morgan fingerprint density at radius 1 is 0.889 bits per heavy atom. The van der Waals surface area contributed by atoms with E-state index in [4.69, 9.17) is 28.4 Å². The molecule has 1 amide bonds. The third kappa shape index (κ3) is 8.79. The van der Waals surface area contributed by atoms with Crippen LogP contribution in [-0.4, -0.2) is 89.7 Å². The quantitative estimate of drug-likeness (QED) is 0.262. The zero-order chi connectivity index (χ0) is 27.8. The van der Waals surface area contributed by atoms with Crippen LogP contribution in [-0.2, 0) is 62.0 Å². The van der Waals surface area contributed by atoms with Crippen LogP contribution in [0.4, 0.5) is 0 Å². The summed E-state index contributed by atoms with van der Waals surface area (Å²) in [7, 11) is 0. The highest BCUT2D eigenvalue weighted by molar-refractivity contribution is 5.80. The van der Waals surface area contributed by atoms with Gasteiger partial charge in [0.1, 0.15) is 18.8 Å². The van der Waals surface area contributed by atoms with E-state index in [9.17, 15) is 38.7 Å². The highest BCUT2D eigenvalue weighted by Crippen LogP contribution is 2.36. The fourth-order valence-corrected chi connectivity index (χ4v) is 3.59. The summed E-state index contributed by atoms with van der Waals surface area (Å²) in [5, 5.41) is 12.3. The van der Waals surface area contributed by atoms with E-state index in [2.05, 4.69) is 5.32 Å². The Labute approximate surface area is 205 Å². The van der Waals surface area contributed by atoms with E-state index in [1.165, 1.54) is 0 Å². The number of aliphatic carboxylic acids is 1. The largest absolute Gasteiger partial charge is 0.476 e. The molecular weight excluding hydrogens is 490 g/mol. The topological polar surface area (TPSA) is 207 Å². The minimum Gasteiger partial charge on any atom is -0.476 e. The summed E-state index contributed by atoms with van der Waals surface area (Å²) in [4.78, 5) is 83.0. The summed E-state index contributed by atoms with van der Waals surface area (Å²) in [6.45, 7) is 5.35. The molecule has 15 nitrogen and oxygen atoms in total. The Balaban J connectivity index is 3.78. The maximum atomic E-state index is 12.2. The second-order valence-electron chi connectivity index (χ2n) is 7.84. The van der Waals surface area contributed by atoms with E-state index >= 15 is 0 Å². The number of carbonyl (C=O) groups is 7. The van der Waals surface area contributed by atoms with Crippen LogP contribution in [0.5, 0.6) is 0 Å². The van der Waals surface area contributed by atoms with Crippen LogP contribution in [0, 0.1) is 0 Å². The predicted molar refractivity (Wildman–Crippen MR) is 113 cm³/mol. The van der Waals surface area contributed by atoms with Crippen LogP contribution in [0.25, 0.3) is 0 Å². The van der Waals surface area contributed by atoms with Crippen molar-refractivity contribution < 1.29 is 67.1 Å². The van der Waals surface area contributed by atoms with Gasteiger partial charge in [0.25, 0.3) is 0 Å². The molecule has 0 bridgehead atoms. The minimum absolute atomic E-state index is 0.675. The normalized spacial score (nSPS) is 24.8. The highest BCUT2D eigenvalue weighted by Gasteiger charge is 2.60. The molecule has 0 aromatic carbocycles. The average molecular weight is 519 g/mol. The summed E-state index contributed by atoms with van der Waals surface area (Å²) < 4.78 is 31.1. The maximum Gasteiger partial charge on any atom is 0.377 e. The molecule has 2 N–H and O–H groups in total. The maximum absolute atomic E-state index is 12.2. The van der Waals surface area contributed by atoms with Gasteiger partial charge in [-0.3, -0.25) is 28.8 Å². The average Bonchev–Trinajstić information content (AvgIpc) is 2.69. The number of carboxylic acids is 1. The third-order valence-corrected chi connectivity index (χ3v) is 4.63. The summed E-state index contributed by atoms with van der Waals surface area (Å²) in [6.07, 6.45) is -7.37. The molecule has 1 aliphatic heterocycles. The molecule has 0 aromatic rings. The Bertz CT molecular complexity index is 901. The van der Waals surface area contributed by atoms with Gasteiger partial charge in [-0.1, -0.05) is 0 Å². The van der Waals surface area contributed by atoms with Gasteiger partial charge in [-0.2, -0.15) is 0 Å². The van der Waals surface area contributed by atoms with Crippen molar-refractivity contribution in [3.05, 3.63) is 0 Å². The summed E-state index contributed by atoms with van der Waals surface area (Å²) in [5.41, 5.74) is 0. The Morgan fingerprint density at radius 2 is 1.47 bits per heavy atom. The van der Waals surface area contributed by atoms with Crippen molar-refractivity contribution in [2.24, 2.45) is 0 Å². The van der Waals surface area contributed by atoms with Crippen LogP contribution in [0.2, 0.25) is 0 Å². The van der Waals surface area contributed by atoms with Crippen molar-refractivity contribution in [2.45, 2.75) is 84.2 Å². The van der Waals surface area contributed by atoms with E-state index < -0.39 is 91.0 Å². The van der Waals surface area contributed by atoms with Crippen molar-refractivity contribution in [3.8, 4) is 0 Å². The zero-order valence-corrected chi connectivity index (χ0v) is 20.6. The van der Waals surface area contributed by atoms with Crippen molar-refractivity contribution in [2.75, 3.05) is 6.61 Å². The lowest BCUT2D eigenvalue weighted by molar-refractivity contribution is -0.303. The van der Waals surface area contributed by atoms with Crippen LogP contribution >= 0.6 is 0 Å². The Morgan fingerprint density at radius 3 is 1.89 bits per heavy atom. The van der Waals surface area contributed by atoms with E-state index in [-0.39, 0.29) is 0 Å². The van der Waals surface area contributed by atoms with Crippen molar-refractivity contribution in [1.82, 2.24) is 5.32 Å². The van der Waals surface area contributed by atoms with Gasteiger partial charge < -0.3 is 38.8 Å².